The van der Waals surface area contributed by atoms with Crippen molar-refractivity contribution in [2.24, 2.45) is 0 Å². The molecule has 2 aromatic heterocycles. The molecular weight excluding hydrogens is 288 g/mol. The van der Waals surface area contributed by atoms with E-state index < -0.39 is 4.92 Å². The molecule has 2 heterocycles. The van der Waals surface area contributed by atoms with E-state index in [4.69, 9.17) is 0 Å². The summed E-state index contributed by atoms with van der Waals surface area (Å²) in [5, 5.41) is 15.3. The summed E-state index contributed by atoms with van der Waals surface area (Å²) in [5.74, 6) is 0.499. The molecule has 6 nitrogen and oxygen atoms in total. The van der Waals surface area contributed by atoms with Crippen molar-refractivity contribution in [3.8, 4) is 0 Å². The minimum Gasteiger partial charge on any atom is -0.370 e. The summed E-state index contributed by atoms with van der Waals surface area (Å²) in [5.41, 5.74) is 2.03. The average molecular weight is 304 g/mol. The van der Waals surface area contributed by atoms with Crippen LogP contribution in [0.15, 0.2) is 34.3 Å². The number of pyridine rings is 2. The van der Waals surface area contributed by atoms with Crippen LogP contribution in [0.25, 0.3) is 0 Å². The van der Waals surface area contributed by atoms with E-state index in [0.29, 0.717) is 17.4 Å². The monoisotopic (exact) mass is 304 g/mol. The molecule has 0 atom stereocenters. The molecule has 7 heteroatoms. The predicted molar refractivity (Wildman–Crippen MR) is 82.9 cm³/mol. The zero-order valence-electron chi connectivity index (χ0n) is 12.1. The lowest BCUT2D eigenvalue weighted by atomic mass is 10.3. The topological polar surface area (TPSA) is 81.0 Å². The first-order valence-corrected chi connectivity index (χ1v) is 7.33. The Morgan fingerprint density at radius 2 is 1.90 bits per heavy atom. The van der Waals surface area contributed by atoms with Crippen molar-refractivity contribution in [1.82, 2.24) is 9.97 Å². The number of nitrogens with zero attached hydrogens (tertiary/aromatic N) is 3. The van der Waals surface area contributed by atoms with Crippen LogP contribution in [0, 0.1) is 24.0 Å². The average Bonchev–Trinajstić information content (AvgIpc) is 2.37. The summed E-state index contributed by atoms with van der Waals surface area (Å²) < 4.78 is 0. The lowest BCUT2D eigenvalue weighted by molar-refractivity contribution is -0.385. The maximum atomic E-state index is 11.0. The number of nitrogens with one attached hydrogen (secondary N) is 1. The van der Waals surface area contributed by atoms with Crippen LogP contribution in [-0.4, -0.2) is 21.4 Å². The molecule has 0 aliphatic carbocycles. The fourth-order valence-electron chi connectivity index (χ4n) is 1.88. The number of hydrogen-bond donors (Lipinski definition) is 1. The molecular formula is C14H16N4O2S. The second-order valence-corrected chi connectivity index (χ2v) is 5.60. The molecule has 0 saturated heterocycles. The fourth-order valence-corrected chi connectivity index (χ4v) is 2.86. The molecule has 21 heavy (non-hydrogen) atoms. The van der Waals surface area contributed by atoms with Crippen molar-refractivity contribution in [3.63, 3.8) is 0 Å². The van der Waals surface area contributed by atoms with Crippen molar-refractivity contribution in [3.05, 3.63) is 45.6 Å². The zero-order chi connectivity index (χ0) is 15.4. The summed E-state index contributed by atoms with van der Waals surface area (Å²) >= 11 is 1.32. The van der Waals surface area contributed by atoms with Crippen molar-refractivity contribution >= 4 is 23.3 Å². The van der Waals surface area contributed by atoms with Crippen LogP contribution in [-0.2, 0) is 0 Å². The molecule has 0 amide bonds. The van der Waals surface area contributed by atoms with Crippen LogP contribution in [0.1, 0.15) is 18.2 Å². The van der Waals surface area contributed by atoms with Crippen LogP contribution < -0.4 is 5.32 Å². The Morgan fingerprint density at radius 1 is 1.19 bits per heavy atom. The third-order valence-corrected chi connectivity index (χ3v) is 3.48. The predicted octanol–water partition coefficient (Wildman–Crippen LogP) is 3.58. The smallest absolute Gasteiger partial charge is 0.275 e. The van der Waals surface area contributed by atoms with Gasteiger partial charge in [0.15, 0.2) is 0 Å². The number of rotatable bonds is 5. The fraction of sp³-hybridized carbons (Fsp3) is 0.286. The third kappa shape index (κ3) is 4.16. The van der Waals surface area contributed by atoms with Crippen LogP contribution in [0.2, 0.25) is 0 Å². The quantitative estimate of drug-likeness (QED) is 0.671. The highest BCUT2D eigenvalue weighted by Gasteiger charge is 2.12. The minimum atomic E-state index is -0.415. The summed E-state index contributed by atoms with van der Waals surface area (Å²) in [6.45, 7) is 6.48. The SMILES string of the molecule is CCNc1cc([N+](=O)[O-])cc(Sc2cc(C)cc(C)n2)n1. The third-order valence-electron chi connectivity index (χ3n) is 2.64. The van der Waals surface area contributed by atoms with Crippen LogP contribution >= 0.6 is 11.8 Å². The van der Waals surface area contributed by atoms with E-state index in [9.17, 15) is 10.1 Å². The standard InChI is InChI=1S/C14H16N4O2S/c1-4-15-12-7-11(18(19)20)8-14(17-12)21-13-6-9(2)5-10(3)16-13/h5-8H,4H2,1-3H3,(H,15,17). The minimum absolute atomic E-state index is 0.0211. The molecule has 0 aromatic carbocycles. The van der Waals surface area contributed by atoms with E-state index in [0.717, 1.165) is 16.3 Å². The second-order valence-electron chi connectivity index (χ2n) is 4.56. The summed E-state index contributed by atoms with van der Waals surface area (Å²) in [7, 11) is 0. The Labute approximate surface area is 127 Å². The first-order valence-electron chi connectivity index (χ1n) is 6.51. The summed E-state index contributed by atoms with van der Waals surface area (Å²) in [6, 6.07) is 6.81. The Kier molecular flexibility index (Phi) is 4.74. The second kappa shape index (κ2) is 6.53. The van der Waals surface area contributed by atoms with E-state index in [1.807, 2.05) is 32.9 Å². The lowest BCUT2D eigenvalue weighted by Crippen LogP contribution is -2.01. The highest BCUT2D eigenvalue weighted by molar-refractivity contribution is 7.99. The van der Waals surface area contributed by atoms with E-state index in [1.54, 1.807) is 0 Å². The molecule has 0 spiro atoms. The van der Waals surface area contributed by atoms with Crippen molar-refractivity contribution in [2.75, 3.05) is 11.9 Å². The van der Waals surface area contributed by atoms with E-state index in [1.165, 1.54) is 23.9 Å². The van der Waals surface area contributed by atoms with Gasteiger partial charge in [0.2, 0.25) is 0 Å². The summed E-state index contributed by atoms with van der Waals surface area (Å²) in [4.78, 5) is 19.4. The number of hydrogen-bond acceptors (Lipinski definition) is 6. The Morgan fingerprint density at radius 3 is 2.52 bits per heavy atom. The molecule has 2 rings (SSSR count). The normalized spacial score (nSPS) is 10.4. The van der Waals surface area contributed by atoms with Gasteiger partial charge in [-0.25, -0.2) is 9.97 Å². The molecule has 0 saturated carbocycles. The van der Waals surface area contributed by atoms with Gasteiger partial charge in [0.05, 0.1) is 11.0 Å². The van der Waals surface area contributed by atoms with Gasteiger partial charge in [-0.3, -0.25) is 10.1 Å². The van der Waals surface area contributed by atoms with Gasteiger partial charge in [-0.2, -0.15) is 0 Å². The molecule has 110 valence electrons. The van der Waals surface area contributed by atoms with Crippen LogP contribution in [0.3, 0.4) is 0 Å². The lowest BCUT2D eigenvalue weighted by Gasteiger charge is -2.06. The van der Waals surface area contributed by atoms with Crippen molar-refractivity contribution in [1.29, 1.82) is 0 Å². The Hall–Kier alpha value is -2.15. The number of aryl methyl sites for hydroxylation is 2. The van der Waals surface area contributed by atoms with Gasteiger partial charge in [0.25, 0.3) is 5.69 Å². The van der Waals surface area contributed by atoms with Crippen LogP contribution in [0.4, 0.5) is 11.5 Å². The number of anilines is 1. The molecule has 2 aromatic rings. The molecule has 0 aliphatic heterocycles. The zero-order valence-corrected chi connectivity index (χ0v) is 12.9. The van der Waals surface area contributed by atoms with Crippen molar-refractivity contribution in [2.45, 2.75) is 30.8 Å². The molecule has 0 fully saturated rings. The van der Waals surface area contributed by atoms with Gasteiger partial charge in [-0.05, 0) is 50.2 Å². The maximum absolute atomic E-state index is 11.0. The van der Waals surface area contributed by atoms with Gasteiger partial charge >= 0.3 is 0 Å². The van der Waals surface area contributed by atoms with E-state index in [-0.39, 0.29) is 5.69 Å². The van der Waals surface area contributed by atoms with Crippen LogP contribution in [0.5, 0.6) is 0 Å². The number of nitro groups is 1. The number of aromatic nitrogens is 2. The summed E-state index contributed by atoms with van der Waals surface area (Å²) in [6.07, 6.45) is 0. The van der Waals surface area contributed by atoms with Gasteiger partial charge in [-0.15, -0.1) is 0 Å². The van der Waals surface area contributed by atoms with Gasteiger partial charge in [0, 0.05) is 18.3 Å². The maximum Gasteiger partial charge on any atom is 0.275 e. The highest BCUT2D eigenvalue weighted by Crippen LogP contribution is 2.29. The molecule has 1 N–H and O–H groups in total. The molecule has 0 aliphatic rings. The van der Waals surface area contributed by atoms with Gasteiger partial charge < -0.3 is 5.32 Å². The van der Waals surface area contributed by atoms with Crippen molar-refractivity contribution < 1.29 is 4.92 Å². The first-order chi connectivity index (χ1) is 9.97. The van der Waals surface area contributed by atoms with E-state index in [2.05, 4.69) is 15.3 Å². The largest absolute Gasteiger partial charge is 0.370 e. The highest BCUT2D eigenvalue weighted by atomic mass is 32.2. The Bertz CT molecular complexity index is 656. The first kappa shape index (κ1) is 15.2. The van der Waals surface area contributed by atoms with Gasteiger partial charge in [0.1, 0.15) is 15.9 Å². The molecule has 0 radical (unpaired) electrons. The van der Waals surface area contributed by atoms with E-state index >= 15 is 0 Å². The van der Waals surface area contributed by atoms with Gasteiger partial charge in [-0.1, -0.05) is 0 Å². The molecule has 0 unspecified atom stereocenters. The molecule has 0 bridgehead atoms. The Balaban J connectivity index is 2.35.